The molecule has 2 rings (SSSR count). The highest BCUT2D eigenvalue weighted by molar-refractivity contribution is 6.08. The highest BCUT2D eigenvalue weighted by Crippen LogP contribution is 2.17. The van der Waals surface area contributed by atoms with Crippen molar-refractivity contribution in [3.63, 3.8) is 0 Å². The van der Waals surface area contributed by atoms with Gasteiger partial charge >= 0.3 is 6.03 Å². The van der Waals surface area contributed by atoms with Crippen LogP contribution in [0, 0.1) is 5.82 Å². The molecule has 0 aromatic heterocycles. The maximum Gasteiger partial charge on any atom is 0.325 e. The molecule has 0 aliphatic carbocycles. The fourth-order valence-corrected chi connectivity index (χ4v) is 2.31. The normalized spacial score (nSPS) is 20.6. The quantitative estimate of drug-likeness (QED) is 0.742. The van der Waals surface area contributed by atoms with Crippen LogP contribution < -0.4 is 10.6 Å². The molecule has 1 aliphatic rings. The molecule has 1 aromatic rings. The van der Waals surface area contributed by atoms with Crippen molar-refractivity contribution >= 4 is 17.8 Å². The third-order valence-electron chi connectivity index (χ3n) is 3.51. The predicted octanol–water partition coefficient (Wildman–Crippen LogP) is 0.399. The van der Waals surface area contributed by atoms with E-state index in [2.05, 4.69) is 10.6 Å². The molecule has 0 radical (unpaired) electrons. The summed E-state index contributed by atoms with van der Waals surface area (Å²) >= 11 is 0. The molecule has 0 saturated carbocycles. The topological polar surface area (TPSA) is 87.7 Å². The highest BCUT2D eigenvalue weighted by Gasteiger charge is 2.48. The molecule has 23 heavy (non-hydrogen) atoms. The molecule has 1 fully saturated rings. The summed E-state index contributed by atoms with van der Waals surface area (Å²) in [5.74, 6) is -1.53. The molecule has 2 N–H and O–H groups in total. The first kappa shape index (κ1) is 16.9. The molecular weight excluding hydrogens is 305 g/mol. The molecule has 1 atom stereocenters. The van der Waals surface area contributed by atoms with E-state index in [0.717, 1.165) is 4.90 Å². The molecule has 0 spiro atoms. The zero-order valence-corrected chi connectivity index (χ0v) is 12.9. The Kier molecular flexibility index (Phi) is 4.95. The Morgan fingerprint density at radius 2 is 2.09 bits per heavy atom. The Morgan fingerprint density at radius 1 is 1.39 bits per heavy atom. The Morgan fingerprint density at radius 3 is 2.74 bits per heavy atom. The van der Waals surface area contributed by atoms with Crippen LogP contribution in [-0.4, -0.2) is 48.5 Å². The number of rotatable bonds is 6. The van der Waals surface area contributed by atoms with Gasteiger partial charge in [0, 0.05) is 19.2 Å². The smallest absolute Gasteiger partial charge is 0.325 e. The van der Waals surface area contributed by atoms with Crippen LogP contribution in [0.3, 0.4) is 0 Å². The lowest BCUT2D eigenvalue weighted by Gasteiger charge is -2.20. The van der Waals surface area contributed by atoms with E-state index < -0.39 is 35.7 Å². The molecule has 1 heterocycles. The van der Waals surface area contributed by atoms with Gasteiger partial charge in [0.25, 0.3) is 5.91 Å². The van der Waals surface area contributed by atoms with Crippen molar-refractivity contribution in [3.8, 4) is 0 Å². The van der Waals surface area contributed by atoms with Crippen LogP contribution in [0.5, 0.6) is 0 Å². The zero-order chi connectivity index (χ0) is 17.0. The van der Waals surface area contributed by atoms with Crippen molar-refractivity contribution in [2.24, 2.45) is 0 Å². The average Bonchev–Trinajstić information content (AvgIpc) is 2.70. The molecule has 1 aromatic carbocycles. The van der Waals surface area contributed by atoms with E-state index in [1.54, 1.807) is 18.2 Å². The minimum atomic E-state index is -1.18. The van der Waals surface area contributed by atoms with Gasteiger partial charge in [-0.1, -0.05) is 18.2 Å². The summed E-state index contributed by atoms with van der Waals surface area (Å²) in [6.45, 7) is 1.07. The van der Waals surface area contributed by atoms with Crippen LogP contribution >= 0.6 is 0 Å². The van der Waals surface area contributed by atoms with Crippen molar-refractivity contribution in [3.05, 3.63) is 35.6 Å². The van der Waals surface area contributed by atoms with Gasteiger partial charge in [0.05, 0.1) is 6.61 Å². The Labute approximate surface area is 132 Å². The number of urea groups is 1. The molecule has 1 saturated heterocycles. The van der Waals surface area contributed by atoms with Gasteiger partial charge < -0.3 is 15.4 Å². The van der Waals surface area contributed by atoms with Crippen molar-refractivity contribution < 1.29 is 23.5 Å². The van der Waals surface area contributed by atoms with Gasteiger partial charge in [0.2, 0.25) is 5.91 Å². The fourth-order valence-electron chi connectivity index (χ4n) is 2.31. The van der Waals surface area contributed by atoms with E-state index in [1.807, 2.05) is 0 Å². The lowest BCUT2D eigenvalue weighted by Crippen LogP contribution is -2.48. The van der Waals surface area contributed by atoms with E-state index >= 15 is 0 Å². The summed E-state index contributed by atoms with van der Waals surface area (Å²) < 4.78 is 18.4. The first-order chi connectivity index (χ1) is 10.9. The molecule has 1 aliphatic heterocycles. The van der Waals surface area contributed by atoms with Crippen LogP contribution in [-0.2, 0) is 20.9 Å². The van der Waals surface area contributed by atoms with Gasteiger partial charge in [0.1, 0.15) is 17.9 Å². The highest BCUT2D eigenvalue weighted by atomic mass is 19.1. The minimum Gasteiger partial charge on any atom is -0.382 e. The summed E-state index contributed by atoms with van der Waals surface area (Å²) in [4.78, 5) is 36.8. The standard InChI is InChI=1S/C15H18FN3O4/c1-15(9-23-2)13(21)19(14(22)18-15)8-12(20)17-7-10-5-3-4-6-11(10)16/h3-6H,7-9H2,1-2H3,(H,17,20)(H,18,22)/t15-/m0/s1. The SMILES string of the molecule is COC[C@]1(C)NC(=O)N(CC(=O)NCc2ccccc2F)C1=O. The largest absolute Gasteiger partial charge is 0.382 e. The molecule has 0 bridgehead atoms. The van der Waals surface area contributed by atoms with E-state index in [1.165, 1.54) is 20.1 Å². The number of hydrogen-bond donors (Lipinski definition) is 2. The second-order valence-corrected chi connectivity index (χ2v) is 5.45. The van der Waals surface area contributed by atoms with Crippen LogP contribution in [0.1, 0.15) is 12.5 Å². The summed E-state index contributed by atoms with van der Waals surface area (Å²) in [5.41, 5.74) is -0.861. The Bertz CT molecular complexity index is 637. The number of hydrogen-bond acceptors (Lipinski definition) is 4. The number of halogens is 1. The van der Waals surface area contributed by atoms with Crippen molar-refractivity contribution in [1.29, 1.82) is 0 Å². The van der Waals surface area contributed by atoms with Gasteiger partial charge in [-0.15, -0.1) is 0 Å². The van der Waals surface area contributed by atoms with E-state index in [4.69, 9.17) is 4.74 Å². The molecule has 8 heteroatoms. The summed E-state index contributed by atoms with van der Waals surface area (Å²) in [5, 5.41) is 4.97. The van der Waals surface area contributed by atoms with Crippen molar-refractivity contribution in [1.82, 2.24) is 15.5 Å². The number of methoxy groups -OCH3 is 1. The molecule has 0 unspecified atom stereocenters. The van der Waals surface area contributed by atoms with Crippen molar-refractivity contribution in [2.45, 2.75) is 19.0 Å². The molecular formula is C15H18FN3O4. The molecule has 7 nitrogen and oxygen atoms in total. The summed E-state index contributed by atoms with van der Waals surface area (Å²) in [6, 6.07) is 5.37. The first-order valence-electron chi connectivity index (χ1n) is 7.00. The number of ether oxygens (including phenoxy) is 1. The Hall–Kier alpha value is -2.48. The zero-order valence-electron chi connectivity index (χ0n) is 12.9. The van der Waals surface area contributed by atoms with E-state index in [0.29, 0.717) is 5.56 Å². The van der Waals surface area contributed by atoms with Crippen LogP contribution in [0.4, 0.5) is 9.18 Å². The summed E-state index contributed by atoms with van der Waals surface area (Å²) in [6.07, 6.45) is 0. The number of carbonyl (C=O) groups is 3. The Balaban J connectivity index is 1.94. The van der Waals surface area contributed by atoms with E-state index in [9.17, 15) is 18.8 Å². The number of amides is 4. The van der Waals surface area contributed by atoms with Gasteiger partial charge in [-0.3, -0.25) is 14.5 Å². The molecule has 124 valence electrons. The lowest BCUT2D eigenvalue weighted by molar-refractivity contribution is -0.135. The number of imide groups is 1. The van der Waals surface area contributed by atoms with E-state index in [-0.39, 0.29) is 13.2 Å². The second kappa shape index (κ2) is 6.74. The van der Waals surface area contributed by atoms with Crippen LogP contribution in [0.2, 0.25) is 0 Å². The average molecular weight is 323 g/mol. The molecule has 4 amide bonds. The summed E-state index contributed by atoms with van der Waals surface area (Å²) in [7, 11) is 1.41. The first-order valence-corrected chi connectivity index (χ1v) is 7.00. The van der Waals surface area contributed by atoms with Crippen LogP contribution in [0.15, 0.2) is 24.3 Å². The van der Waals surface area contributed by atoms with Gasteiger partial charge in [-0.25, -0.2) is 9.18 Å². The lowest BCUT2D eigenvalue weighted by atomic mass is 10.0. The third-order valence-corrected chi connectivity index (χ3v) is 3.51. The second-order valence-electron chi connectivity index (χ2n) is 5.45. The third kappa shape index (κ3) is 3.65. The maximum absolute atomic E-state index is 13.5. The minimum absolute atomic E-state index is 0.00488. The van der Waals surface area contributed by atoms with Crippen LogP contribution in [0.25, 0.3) is 0 Å². The maximum atomic E-state index is 13.5. The number of benzene rings is 1. The van der Waals surface area contributed by atoms with Gasteiger partial charge in [-0.05, 0) is 13.0 Å². The number of nitrogens with zero attached hydrogens (tertiary/aromatic N) is 1. The van der Waals surface area contributed by atoms with Gasteiger partial charge in [0.15, 0.2) is 0 Å². The monoisotopic (exact) mass is 323 g/mol. The fraction of sp³-hybridized carbons (Fsp3) is 0.400. The van der Waals surface area contributed by atoms with Crippen molar-refractivity contribution in [2.75, 3.05) is 20.3 Å². The predicted molar refractivity (Wildman–Crippen MR) is 78.8 cm³/mol. The number of nitrogens with one attached hydrogen (secondary N) is 2. The van der Waals surface area contributed by atoms with Gasteiger partial charge in [-0.2, -0.15) is 0 Å². The number of carbonyl (C=O) groups excluding carboxylic acids is 3.